The Balaban J connectivity index is 2.35. The Hall–Kier alpha value is -1.88. The summed E-state index contributed by atoms with van der Waals surface area (Å²) in [6, 6.07) is 4.66. The van der Waals surface area contributed by atoms with Gasteiger partial charge < -0.3 is 10.5 Å². The first-order valence-corrected chi connectivity index (χ1v) is 5.15. The zero-order valence-electron chi connectivity index (χ0n) is 8.95. The van der Waals surface area contributed by atoms with Crippen LogP contribution < -0.4 is 10.5 Å². The van der Waals surface area contributed by atoms with Crippen LogP contribution in [0.3, 0.4) is 0 Å². The number of anilines is 1. The van der Waals surface area contributed by atoms with Crippen LogP contribution >= 0.6 is 11.6 Å². The maximum Gasteiger partial charge on any atom is 0.259 e. The average molecular weight is 254 g/mol. The predicted molar refractivity (Wildman–Crippen MR) is 62.7 cm³/mol. The van der Waals surface area contributed by atoms with Crippen molar-refractivity contribution in [3.05, 3.63) is 41.1 Å². The van der Waals surface area contributed by atoms with Crippen LogP contribution in [-0.4, -0.2) is 9.97 Å². The zero-order chi connectivity index (χ0) is 12.4. The number of benzene rings is 1. The van der Waals surface area contributed by atoms with Crippen molar-refractivity contribution in [2.45, 2.75) is 6.92 Å². The standard InChI is InChI=1S/C11H9ClFN3O/c1-6-10(13)11(16-5-15-6)17-9-3-2-7(12)4-8(9)14/h2-5H,14H2,1H3. The van der Waals surface area contributed by atoms with Crippen molar-refractivity contribution >= 4 is 17.3 Å². The van der Waals surface area contributed by atoms with E-state index in [1.807, 2.05) is 0 Å². The van der Waals surface area contributed by atoms with Gasteiger partial charge in [0.25, 0.3) is 5.88 Å². The lowest BCUT2D eigenvalue weighted by atomic mass is 10.3. The summed E-state index contributed by atoms with van der Waals surface area (Å²) in [5, 5.41) is 0.481. The molecule has 88 valence electrons. The maximum atomic E-state index is 13.6. The Morgan fingerprint density at radius 3 is 2.82 bits per heavy atom. The van der Waals surface area contributed by atoms with E-state index >= 15 is 0 Å². The number of hydrogen-bond acceptors (Lipinski definition) is 4. The predicted octanol–water partition coefficient (Wildman–Crippen LogP) is 2.95. The first-order valence-electron chi connectivity index (χ1n) is 4.78. The van der Waals surface area contributed by atoms with Gasteiger partial charge in [-0.2, -0.15) is 9.37 Å². The van der Waals surface area contributed by atoms with E-state index < -0.39 is 5.82 Å². The van der Waals surface area contributed by atoms with Gasteiger partial charge in [0.15, 0.2) is 5.75 Å². The zero-order valence-corrected chi connectivity index (χ0v) is 9.70. The molecule has 0 atom stereocenters. The number of halogens is 2. The molecule has 0 fully saturated rings. The molecular formula is C11H9ClFN3O. The average Bonchev–Trinajstić information content (AvgIpc) is 2.28. The second-order valence-corrected chi connectivity index (χ2v) is 3.80. The van der Waals surface area contributed by atoms with E-state index in [9.17, 15) is 4.39 Å². The number of aryl methyl sites for hydroxylation is 1. The van der Waals surface area contributed by atoms with Crippen molar-refractivity contribution < 1.29 is 9.13 Å². The van der Waals surface area contributed by atoms with Gasteiger partial charge in [0, 0.05) is 5.02 Å². The minimum absolute atomic E-state index is 0.161. The number of nitrogens with zero attached hydrogens (tertiary/aromatic N) is 2. The molecule has 2 rings (SSSR count). The number of hydrogen-bond donors (Lipinski definition) is 1. The van der Waals surface area contributed by atoms with E-state index in [4.69, 9.17) is 22.1 Å². The topological polar surface area (TPSA) is 61.0 Å². The smallest absolute Gasteiger partial charge is 0.259 e. The third kappa shape index (κ3) is 2.45. The Kier molecular flexibility index (Phi) is 3.10. The molecule has 4 nitrogen and oxygen atoms in total. The fraction of sp³-hybridized carbons (Fsp3) is 0.0909. The number of nitrogen functional groups attached to an aromatic ring is 1. The fourth-order valence-corrected chi connectivity index (χ4v) is 1.40. The van der Waals surface area contributed by atoms with Crippen molar-refractivity contribution in [1.29, 1.82) is 0 Å². The van der Waals surface area contributed by atoms with Gasteiger partial charge in [-0.25, -0.2) is 4.98 Å². The summed E-state index contributed by atoms with van der Waals surface area (Å²) in [5.74, 6) is -0.472. The molecular weight excluding hydrogens is 245 g/mol. The van der Waals surface area contributed by atoms with Gasteiger partial charge >= 0.3 is 0 Å². The van der Waals surface area contributed by atoms with E-state index in [2.05, 4.69) is 9.97 Å². The van der Waals surface area contributed by atoms with Crippen LogP contribution in [0.25, 0.3) is 0 Å². The number of rotatable bonds is 2. The number of ether oxygens (including phenoxy) is 1. The molecule has 0 radical (unpaired) electrons. The molecule has 0 amide bonds. The minimum atomic E-state index is -0.609. The molecule has 0 unspecified atom stereocenters. The van der Waals surface area contributed by atoms with E-state index in [0.29, 0.717) is 16.5 Å². The highest BCUT2D eigenvalue weighted by Crippen LogP contribution is 2.30. The highest BCUT2D eigenvalue weighted by molar-refractivity contribution is 6.30. The molecule has 2 aromatic rings. The summed E-state index contributed by atoms with van der Waals surface area (Å²) in [6.07, 6.45) is 1.22. The van der Waals surface area contributed by atoms with E-state index in [1.165, 1.54) is 19.3 Å². The summed E-state index contributed by atoms with van der Waals surface area (Å²) < 4.78 is 18.8. The SMILES string of the molecule is Cc1ncnc(Oc2ccc(Cl)cc2N)c1F. The van der Waals surface area contributed by atoms with Crippen LogP contribution in [0.15, 0.2) is 24.5 Å². The molecule has 0 saturated carbocycles. The first kappa shape index (κ1) is 11.6. The molecule has 0 bridgehead atoms. The number of aromatic nitrogens is 2. The highest BCUT2D eigenvalue weighted by Gasteiger charge is 2.11. The van der Waals surface area contributed by atoms with Crippen molar-refractivity contribution in [3.63, 3.8) is 0 Å². The van der Waals surface area contributed by atoms with E-state index in [0.717, 1.165) is 0 Å². The molecule has 1 aromatic heterocycles. The van der Waals surface area contributed by atoms with Gasteiger partial charge in [-0.05, 0) is 25.1 Å². The Morgan fingerprint density at radius 2 is 2.12 bits per heavy atom. The number of nitrogens with two attached hydrogens (primary N) is 1. The summed E-state index contributed by atoms with van der Waals surface area (Å²) >= 11 is 5.74. The Bertz CT molecular complexity index is 562. The quantitative estimate of drug-likeness (QED) is 0.836. The van der Waals surface area contributed by atoms with Crippen molar-refractivity contribution in [1.82, 2.24) is 9.97 Å². The Morgan fingerprint density at radius 1 is 1.35 bits per heavy atom. The monoisotopic (exact) mass is 253 g/mol. The summed E-state index contributed by atoms with van der Waals surface area (Å²) in [7, 11) is 0. The molecule has 0 aliphatic rings. The fourth-order valence-electron chi connectivity index (χ4n) is 1.22. The normalized spacial score (nSPS) is 10.3. The maximum absolute atomic E-state index is 13.6. The Labute approximate surface area is 102 Å². The van der Waals surface area contributed by atoms with Crippen molar-refractivity contribution in [2.24, 2.45) is 0 Å². The van der Waals surface area contributed by atoms with Crippen LogP contribution in [0.5, 0.6) is 11.6 Å². The van der Waals surface area contributed by atoms with Crippen molar-refractivity contribution in [3.8, 4) is 11.6 Å². The lowest BCUT2D eigenvalue weighted by molar-refractivity contribution is 0.418. The second-order valence-electron chi connectivity index (χ2n) is 3.36. The molecule has 0 saturated heterocycles. The molecule has 1 heterocycles. The molecule has 17 heavy (non-hydrogen) atoms. The molecule has 0 spiro atoms. The lowest BCUT2D eigenvalue weighted by Crippen LogP contribution is -1.98. The molecule has 6 heteroatoms. The van der Waals surface area contributed by atoms with Crippen LogP contribution in [0.4, 0.5) is 10.1 Å². The third-order valence-corrected chi connectivity index (χ3v) is 2.35. The first-order chi connectivity index (χ1) is 8.08. The summed E-state index contributed by atoms with van der Waals surface area (Å²) in [6.45, 7) is 1.52. The van der Waals surface area contributed by atoms with Gasteiger partial charge in [-0.15, -0.1) is 0 Å². The highest BCUT2D eigenvalue weighted by atomic mass is 35.5. The van der Waals surface area contributed by atoms with Crippen LogP contribution in [0, 0.1) is 12.7 Å². The molecule has 0 aliphatic carbocycles. The van der Waals surface area contributed by atoms with Crippen LogP contribution in [0.2, 0.25) is 5.02 Å². The van der Waals surface area contributed by atoms with Gasteiger partial charge in [-0.3, -0.25) is 0 Å². The van der Waals surface area contributed by atoms with Crippen LogP contribution in [0.1, 0.15) is 5.69 Å². The summed E-state index contributed by atoms with van der Waals surface area (Å²) in [5.41, 5.74) is 6.21. The van der Waals surface area contributed by atoms with E-state index in [1.54, 1.807) is 12.1 Å². The largest absolute Gasteiger partial charge is 0.434 e. The van der Waals surface area contributed by atoms with Gasteiger partial charge in [0.05, 0.1) is 11.4 Å². The van der Waals surface area contributed by atoms with Gasteiger partial charge in [0.2, 0.25) is 5.82 Å². The van der Waals surface area contributed by atoms with Crippen molar-refractivity contribution in [2.75, 3.05) is 5.73 Å². The third-order valence-electron chi connectivity index (χ3n) is 2.11. The molecule has 1 aromatic carbocycles. The second kappa shape index (κ2) is 4.55. The van der Waals surface area contributed by atoms with Gasteiger partial charge in [-0.1, -0.05) is 11.6 Å². The molecule has 2 N–H and O–H groups in total. The lowest BCUT2D eigenvalue weighted by Gasteiger charge is -2.08. The molecule has 0 aliphatic heterocycles. The van der Waals surface area contributed by atoms with E-state index in [-0.39, 0.29) is 11.6 Å². The minimum Gasteiger partial charge on any atom is -0.434 e. The van der Waals surface area contributed by atoms with Gasteiger partial charge in [0.1, 0.15) is 6.33 Å². The van der Waals surface area contributed by atoms with Crippen LogP contribution in [-0.2, 0) is 0 Å². The summed E-state index contributed by atoms with van der Waals surface area (Å²) in [4.78, 5) is 7.40.